The Balaban J connectivity index is 3.13. The predicted molar refractivity (Wildman–Crippen MR) is 82.8 cm³/mol. The maximum atomic E-state index is 2.49. The first kappa shape index (κ1) is 16.1. The average Bonchev–Trinajstić information content (AvgIpc) is 2.11. The van der Waals surface area contributed by atoms with Crippen molar-refractivity contribution in [3.05, 3.63) is 0 Å². The monoisotopic (exact) mass is 252 g/mol. The molecule has 0 bridgehead atoms. The zero-order valence-corrected chi connectivity index (χ0v) is 14.4. The van der Waals surface area contributed by atoms with Crippen LogP contribution in [0.4, 0.5) is 0 Å². The van der Waals surface area contributed by atoms with Gasteiger partial charge in [0.1, 0.15) is 0 Å². The fourth-order valence-electron chi connectivity index (χ4n) is 4.68. The smallest absolute Gasteiger partial charge is 0.0318 e. The minimum absolute atomic E-state index is 0.438. The SMILES string of the molecule is CC1C(C)(C)CC(C)(C)CCC(C)(C)CC1(C)C. The zero-order chi connectivity index (χ0) is 14.4. The molecule has 0 spiro atoms. The molecule has 0 aromatic rings. The van der Waals surface area contributed by atoms with Crippen LogP contribution in [0.3, 0.4) is 0 Å². The van der Waals surface area contributed by atoms with Gasteiger partial charge in [0.05, 0.1) is 0 Å². The maximum Gasteiger partial charge on any atom is -0.0318 e. The molecular weight excluding hydrogens is 216 g/mol. The summed E-state index contributed by atoms with van der Waals surface area (Å²) in [5.74, 6) is 0.765. The molecule has 0 N–H and O–H groups in total. The molecule has 0 heterocycles. The first-order chi connectivity index (χ1) is 7.78. The van der Waals surface area contributed by atoms with Crippen LogP contribution in [0.15, 0.2) is 0 Å². The van der Waals surface area contributed by atoms with Crippen LogP contribution < -0.4 is 0 Å². The molecule has 0 atom stereocenters. The van der Waals surface area contributed by atoms with Gasteiger partial charge < -0.3 is 0 Å². The van der Waals surface area contributed by atoms with Crippen LogP contribution in [0.2, 0.25) is 0 Å². The highest BCUT2D eigenvalue weighted by Crippen LogP contribution is 2.54. The van der Waals surface area contributed by atoms with Crippen LogP contribution in [0.25, 0.3) is 0 Å². The van der Waals surface area contributed by atoms with E-state index in [4.69, 9.17) is 0 Å². The average molecular weight is 252 g/mol. The van der Waals surface area contributed by atoms with Gasteiger partial charge in [-0.05, 0) is 53.3 Å². The lowest BCUT2D eigenvalue weighted by molar-refractivity contribution is 0.0350. The molecule has 1 aliphatic rings. The summed E-state index contributed by atoms with van der Waals surface area (Å²) in [6.45, 7) is 22.3. The van der Waals surface area contributed by atoms with E-state index in [1.54, 1.807) is 0 Å². The fourth-order valence-corrected chi connectivity index (χ4v) is 4.68. The Kier molecular flexibility index (Phi) is 4.04. The van der Waals surface area contributed by atoms with Gasteiger partial charge in [0, 0.05) is 0 Å². The standard InChI is InChI=1S/C18H36/c1-14-17(6,7)12-15(2,3)10-11-16(4,5)13-18(14,8)9/h14H,10-13H2,1-9H3. The van der Waals surface area contributed by atoms with E-state index in [2.05, 4.69) is 62.3 Å². The molecule has 0 aromatic heterocycles. The van der Waals surface area contributed by atoms with Gasteiger partial charge in [-0.1, -0.05) is 62.3 Å². The summed E-state index contributed by atoms with van der Waals surface area (Å²) < 4.78 is 0. The van der Waals surface area contributed by atoms with Gasteiger partial charge in [0.15, 0.2) is 0 Å². The fraction of sp³-hybridized carbons (Fsp3) is 1.00. The van der Waals surface area contributed by atoms with Crippen molar-refractivity contribution in [2.24, 2.45) is 27.6 Å². The van der Waals surface area contributed by atoms with Gasteiger partial charge in [-0.3, -0.25) is 0 Å². The Hall–Kier alpha value is 0. The molecular formula is C18H36. The van der Waals surface area contributed by atoms with Gasteiger partial charge in [-0.15, -0.1) is 0 Å². The van der Waals surface area contributed by atoms with Crippen LogP contribution >= 0.6 is 0 Å². The van der Waals surface area contributed by atoms with Crippen LogP contribution in [0, 0.1) is 27.6 Å². The van der Waals surface area contributed by atoms with Gasteiger partial charge in [0.25, 0.3) is 0 Å². The molecule has 1 saturated carbocycles. The predicted octanol–water partition coefficient (Wildman–Crippen LogP) is 6.30. The third kappa shape index (κ3) is 3.75. The molecule has 18 heavy (non-hydrogen) atoms. The van der Waals surface area contributed by atoms with Crippen molar-refractivity contribution in [3.63, 3.8) is 0 Å². The van der Waals surface area contributed by atoms with Gasteiger partial charge >= 0.3 is 0 Å². The molecule has 0 heteroatoms. The van der Waals surface area contributed by atoms with E-state index in [0.717, 1.165) is 5.92 Å². The molecule has 0 radical (unpaired) electrons. The number of hydrogen-bond acceptors (Lipinski definition) is 0. The van der Waals surface area contributed by atoms with E-state index in [9.17, 15) is 0 Å². The van der Waals surface area contributed by atoms with Crippen LogP contribution in [-0.2, 0) is 0 Å². The summed E-state index contributed by atoms with van der Waals surface area (Å²) in [7, 11) is 0. The van der Waals surface area contributed by atoms with Gasteiger partial charge in [-0.25, -0.2) is 0 Å². The number of hydrogen-bond donors (Lipinski definition) is 0. The lowest BCUT2D eigenvalue weighted by Gasteiger charge is -2.46. The second-order valence-electron chi connectivity index (χ2n) is 9.88. The lowest BCUT2D eigenvalue weighted by atomic mass is 9.59. The Bertz CT molecular complexity index is 261. The van der Waals surface area contributed by atoms with Crippen molar-refractivity contribution >= 4 is 0 Å². The molecule has 1 fully saturated rings. The largest absolute Gasteiger partial charge is 0.0615 e. The quantitative estimate of drug-likeness (QED) is 0.474. The van der Waals surface area contributed by atoms with Crippen molar-refractivity contribution in [3.8, 4) is 0 Å². The molecule has 1 aliphatic carbocycles. The van der Waals surface area contributed by atoms with Gasteiger partial charge in [-0.2, -0.15) is 0 Å². The Morgan fingerprint density at radius 1 is 0.611 bits per heavy atom. The second kappa shape index (κ2) is 4.53. The third-order valence-electron chi connectivity index (χ3n) is 5.69. The highest BCUT2D eigenvalue weighted by molar-refractivity contribution is 4.94. The summed E-state index contributed by atoms with van der Waals surface area (Å²) in [6, 6.07) is 0. The maximum absolute atomic E-state index is 2.49. The Morgan fingerprint density at radius 2 is 0.889 bits per heavy atom. The molecule has 0 amide bonds. The van der Waals surface area contributed by atoms with E-state index in [1.165, 1.54) is 25.7 Å². The minimum atomic E-state index is 0.438. The highest BCUT2D eigenvalue weighted by Gasteiger charge is 2.44. The van der Waals surface area contributed by atoms with Gasteiger partial charge in [0.2, 0.25) is 0 Å². The van der Waals surface area contributed by atoms with E-state index >= 15 is 0 Å². The van der Waals surface area contributed by atoms with Crippen molar-refractivity contribution < 1.29 is 0 Å². The summed E-state index contributed by atoms with van der Waals surface area (Å²) in [4.78, 5) is 0. The molecule has 0 saturated heterocycles. The van der Waals surface area contributed by atoms with Crippen molar-refractivity contribution in [2.75, 3.05) is 0 Å². The number of rotatable bonds is 0. The molecule has 0 aliphatic heterocycles. The molecule has 0 unspecified atom stereocenters. The summed E-state index contributed by atoms with van der Waals surface area (Å²) in [5, 5.41) is 0. The highest BCUT2D eigenvalue weighted by atomic mass is 14.5. The zero-order valence-electron chi connectivity index (χ0n) is 14.4. The third-order valence-corrected chi connectivity index (χ3v) is 5.69. The first-order valence-electron chi connectivity index (χ1n) is 7.78. The molecule has 0 aromatic carbocycles. The molecule has 0 nitrogen and oxygen atoms in total. The van der Waals surface area contributed by atoms with Crippen LogP contribution in [0.5, 0.6) is 0 Å². The Labute approximate surface area is 116 Å². The van der Waals surface area contributed by atoms with E-state index in [0.29, 0.717) is 21.7 Å². The van der Waals surface area contributed by atoms with Crippen LogP contribution in [-0.4, -0.2) is 0 Å². The van der Waals surface area contributed by atoms with Crippen molar-refractivity contribution in [2.45, 2.75) is 88.0 Å². The van der Waals surface area contributed by atoms with Crippen molar-refractivity contribution in [1.29, 1.82) is 0 Å². The van der Waals surface area contributed by atoms with Crippen LogP contribution in [0.1, 0.15) is 88.0 Å². The lowest BCUT2D eigenvalue weighted by Crippen LogP contribution is -2.37. The van der Waals surface area contributed by atoms with E-state index < -0.39 is 0 Å². The van der Waals surface area contributed by atoms with Crippen molar-refractivity contribution in [1.82, 2.24) is 0 Å². The summed E-state index contributed by atoms with van der Waals surface area (Å²) >= 11 is 0. The van der Waals surface area contributed by atoms with E-state index in [1.807, 2.05) is 0 Å². The first-order valence-corrected chi connectivity index (χ1v) is 7.78. The topological polar surface area (TPSA) is 0 Å². The second-order valence-corrected chi connectivity index (χ2v) is 9.88. The normalized spacial score (nSPS) is 31.2. The van der Waals surface area contributed by atoms with E-state index in [-0.39, 0.29) is 0 Å². The Morgan fingerprint density at radius 3 is 1.17 bits per heavy atom. The molecule has 108 valence electrons. The summed E-state index contributed by atoms with van der Waals surface area (Å²) in [6.07, 6.45) is 5.43. The minimum Gasteiger partial charge on any atom is -0.0615 e. The summed E-state index contributed by atoms with van der Waals surface area (Å²) in [5.41, 5.74) is 1.84. The molecule has 1 rings (SSSR count).